The van der Waals surface area contributed by atoms with Crippen LogP contribution in [0, 0.1) is 5.92 Å². The Labute approximate surface area is 131 Å². The van der Waals surface area contributed by atoms with E-state index in [1.807, 2.05) is 24.3 Å². The van der Waals surface area contributed by atoms with Gasteiger partial charge in [0, 0.05) is 31.0 Å². The largest absolute Gasteiger partial charge is 0.373 e. The van der Waals surface area contributed by atoms with Crippen molar-refractivity contribution in [3.63, 3.8) is 0 Å². The molecule has 0 bridgehead atoms. The van der Waals surface area contributed by atoms with E-state index in [0.717, 1.165) is 36.5 Å². The second-order valence-corrected chi connectivity index (χ2v) is 5.81. The first-order valence-corrected chi connectivity index (χ1v) is 7.87. The monoisotopic (exact) mass is 310 g/mol. The van der Waals surface area contributed by atoms with E-state index in [9.17, 15) is 4.79 Å². The maximum absolute atomic E-state index is 11.3. The SMILES string of the molecule is CNC(=O)CCO[C@@H](c1cccc(Cl)c1)[C@@H]1CCCNC1. The van der Waals surface area contributed by atoms with Crippen molar-refractivity contribution < 1.29 is 9.53 Å². The third kappa shape index (κ3) is 4.99. The molecule has 1 saturated heterocycles. The molecule has 116 valence electrons. The molecule has 1 aromatic rings. The first-order valence-electron chi connectivity index (χ1n) is 7.49. The van der Waals surface area contributed by atoms with E-state index in [2.05, 4.69) is 10.6 Å². The summed E-state index contributed by atoms with van der Waals surface area (Å²) in [5, 5.41) is 6.75. The standard InChI is InChI=1S/C16H23ClN2O2/c1-18-15(20)7-9-21-16(13-5-3-8-19-11-13)12-4-2-6-14(17)10-12/h2,4,6,10,13,16,19H,3,5,7-9,11H2,1H3,(H,18,20)/t13-,16+/m1/s1. The Morgan fingerprint density at radius 2 is 2.43 bits per heavy atom. The summed E-state index contributed by atoms with van der Waals surface area (Å²) in [5.74, 6) is 0.420. The molecule has 1 aliphatic heterocycles. The Balaban J connectivity index is 2.04. The highest BCUT2D eigenvalue weighted by Gasteiger charge is 2.26. The van der Waals surface area contributed by atoms with Crippen LogP contribution in [0.25, 0.3) is 0 Å². The van der Waals surface area contributed by atoms with Gasteiger partial charge in [0.15, 0.2) is 0 Å². The molecular formula is C16H23ClN2O2. The van der Waals surface area contributed by atoms with E-state index in [1.54, 1.807) is 7.05 Å². The molecule has 1 aromatic carbocycles. The first-order chi connectivity index (χ1) is 10.2. The molecule has 1 amide bonds. The second kappa shape index (κ2) is 8.37. The van der Waals surface area contributed by atoms with Crippen molar-refractivity contribution in [3.05, 3.63) is 34.9 Å². The minimum Gasteiger partial charge on any atom is -0.373 e. The summed E-state index contributed by atoms with van der Waals surface area (Å²) in [6.07, 6.45) is 2.65. The summed E-state index contributed by atoms with van der Waals surface area (Å²) in [7, 11) is 1.64. The topological polar surface area (TPSA) is 50.4 Å². The number of nitrogens with one attached hydrogen (secondary N) is 2. The maximum atomic E-state index is 11.3. The average molecular weight is 311 g/mol. The highest BCUT2D eigenvalue weighted by molar-refractivity contribution is 6.30. The zero-order chi connectivity index (χ0) is 15.1. The number of ether oxygens (including phenoxy) is 1. The van der Waals surface area contributed by atoms with E-state index in [-0.39, 0.29) is 12.0 Å². The minimum atomic E-state index is -0.0128. The van der Waals surface area contributed by atoms with Crippen LogP contribution in [0.4, 0.5) is 0 Å². The molecule has 1 fully saturated rings. The normalized spacial score (nSPS) is 20.0. The van der Waals surface area contributed by atoms with E-state index in [4.69, 9.17) is 16.3 Å². The molecule has 0 spiro atoms. The summed E-state index contributed by atoms with van der Waals surface area (Å²) < 4.78 is 6.04. The lowest BCUT2D eigenvalue weighted by Gasteiger charge is -2.31. The van der Waals surface area contributed by atoms with Crippen LogP contribution in [0.3, 0.4) is 0 Å². The molecule has 0 aromatic heterocycles. The zero-order valence-corrected chi connectivity index (χ0v) is 13.2. The van der Waals surface area contributed by atoms with Crippen LogP contribution in [0.2, 0.25) is 5.02 Å². The number of halogens is 1. The summed E-state index contributed by atoms with van der Waals surface area (Å²) >= 11 is 6.10. The van der Waals surface area contributed by atoms with Gasteiger partial charge in [-0.25, -0.2) is 0 Å². The molecule has 0 saturated carbocycles. The number of hydrogen-bond donors (Lipinski definition) is 2. The van der Waals surface area contributed by atoms with Gasteiger partial charge in [0.2, 0.25) is 5.91 Å². The molecule has 0 unspecified atom stereocenters. The van der Waals surface area contributed by atoms with Gasteiger partial charge < -0.3 is 15.4 Å². The minimum absolute atomic E-state index is 0.00149. The van der Waals surface area contributed by atoms with Crippen LogP contribution < -0.4 is 10.6 Å². The van der Waals surface area contributed by atoms with Gasteiger partial charge in [-0.2, -0.15) is 0 Å². The summed E-state index contributed by atoms with van der Waals surface area (Å²) in [5.41, 5.74) is 1.09. The molecule has 2 atom stereocenters. The number of carbonyl (C=O) groups is 1. The quantitative estimate of drug-likeness (QED) is 0.849. The van der Waals surface area contributed by atoms with Gasteiger partial charge in [0.05, 0.1) is 12.7 Å². The second-order valence-electron chi connectivity index (χ2n) is 5.38. The van der Waals surface area contributed by atoms with Crippen LogP contribution in [0.1, 0.15) is 30.9 Å². The number of rotatable bonds is 6. The fourth-order valence-corrected chi connectivity index (χ4v) is 2.93. The first kappa shape index (κ1) is 16.3. The van der Waals surface area contributed by atoms with Gasteiger partial charge in [0.1, 0.15) is 0 Å². The van der Waals surface area contributed by atoms with Gasteiger partial charge in [-0.3, -0.25) is 4.79 Å². The predicted molar refractivity (Wildman–Crippen MR) is 84.4 cm³/mol. The summed E-state index contributed by atoms with van der Waals surface area (Å²) in [6.45, 7) is 2.43. The third-order valence-corrected chi connectivity index (χ3v) is 4.08. The lowest BCUT2D eigenvalue weighted by atomic mass is 9.89. The molecule has 4 nitrogen and oxygen atoms in total. The molecule has 1 heterocycles. The number of benzene rings is 1. The van der Waals surface area contributed by atoms with Gasteiger partial charge in [-0.1, -0.05) is 23.7 Å². The van der Waals surface area contributed by atoms with Gasteiger partial charge in [-0.05, 0) is 37.1 Å². The molecule has 2 N–H and O–H groups in total. The van der Waals surface area contributed by atoms with Gasteiger partial charge in [-0.15, -0.1) is 0 Å². The lowest BCUT2D eigenvalue weighted by molar-refractivity contribution is -0.122. The van der Waals surface area contributed by atoms with Crippen LogP contribution in [0.15, 0.2) is 24.3 Å². The van der Waals surface area contributed by atoms with Crippen molar-refractivity contribution in [2.75, 3.05) is 26.7 Å². The smallest absolute Gasteiger partial charge is 0.222 e. The van der Waals surface area contributed by atoms with Crippen LogP contribution in [-0.4, -0.2) is 32.7 Å². The average Bonchev–Trinajstić information content (AvgIpc) is 2.52. The summed E-state index contributed by atoms with van der Waals surface area (Å²) in [4.78, 5) is 11.3. The predicted octanol–water partition coefficient (Wildman–Crippen LogP) is 2.53. The third-order valence-electron chi connectivity index (χ3n) is 3.85. The molecule has 1 aliphatic rings. The highest BCUT2D eigenvalue weighted by atomic mass is 35.5. The fourth-order valence-electron chi connectivity index (χ4n) is 2.73. The Morgan fingerprint density at radius 3 is 3.10 bits per heavy atom. The van der Waals surface area contributed by atoms with Gasteiger partial charge in [0.25, 0.3) is 0 Å². The maximum Gasteiger partial charge on any atom is 0.222 e. The van der Waals surface area contributed by atoms with E-state index < -0.39 is 0 Å². The Bertz CT molecular complexity index is 461. The number of hydrogen-bond acceptors (Lipinski definition) is 3. The van der Waals surface area contributed by atoms with Crippen LogP contribution in [0.5, 0.6) is 0 Å². The van der Waals surface area contributed by atoms with E-state index >= 15 is 0 Å². The molecule has 0 radical (unpaired) electrons. The fraction of sp³-hybridized carbons (Fsp3) is 0.562. The Kier molecular flexibility index (Phi) is 6.49. The van der Waals surface area contributed by atoms with E-state index in [0.29, 0.717) is 18.9 Å². The van der Waals surface area contributed by atoms with Crippen LogP contribution in [-0.2, 0) is 9.53 Å². The summed E-state index contributed by atoms with van der Waals surface area (Å²) in [6, 6.07) is 7.82. The Morgan fingerprint density at radius 1 is 1.57 bits per heavy atom. The van der Waals surface area contributed by atoms with Crippen LogP contribution >= 0.6 is 11.6 Å². The van der Waals surface area contributed by atoms with Crippen molar-refractivity contribution in [1.82, 2.24) is 10.6 Å². The van der Waals surface area contributed by atoms with Gasteiger partial charge >= 0.3 is 0 Å². The molecular weight excluding hydrogens is 288 g/mol. The van der Waals surface area contributed by atoms with Crippen molar-refractivity contribution in [3.8, 4) is 0 Å². The molecule has 5 heteroatoms. The number of amides is 1. The Hall–Kier alpha value is -1.10. The molecule has 21 heavy (non-hydrogen) atoms. The van der Waals surface area contributed by atoms with Crippen molar-refractivity contribution in [2.24, 2.45) is 5.92 Å². The number of carbonyl (C=O) groups excluding carboxylic acids is 1. The number of piperidine rings is 1. The van der Waals surface area contributed by atoms with Crippen molar-refractivity contribution in [2.45, 2.75) is 25.4 Å². The molecule has 2 rings (SSSR count). The zero-order valence-electron chi connectivity index (χ0n) is 12.4. The van der Waals surface area contributed by atoms with E-state index in [1.165, 1.54) is 0 Å². The van der Waals surface area contributed by atoms with Crippen molar-refractivity contribution >= 4 is 17.5 Å². The lowest BCUT2D eigenvalue weighted by Crippen LogP contribution is -2.34. The van der Waals surface area contributed by atoms with Crippen molar-refractivity contribution in [1.29, 1.82) is 0 Å². The molecule has 0 aliphatic carbocycles. The highest BCUT2D eigenvalue weighted by Crippen LogP contribution is 2.32.